The lowest BCUT2D eigenvalue weighted by molar-refractivity contribution is -0.139. The van der Waals surface area contributed by atoms with Gasteiger partial charge in [0.1, 0.15) is 0 Å². The highest BCUT2D eigenvalue weighted by atomic mass is 32.1. The van der Waals surface area contributed by atoms with E-state index in [9.17, 15) is 9.59 Å². The molecule has 0 radical (unpaired) electrons. The van der Waals surface area contributed by atoms with E-state index < -0.39 is 0 Å². The summed E-state index contributed by atoms with van der Waals surface area (Å²) in [5.41, 5.74) is 3.44. The number of rotatable bonds is 5. The molecule has 4 heteroatoms. The molecule has 0 spiro atoms. The number of carbonyl (C=O) groups is 2. The Balaban J connectivity index is 2.06. The van der Waals surface area contributed by atoms with E-state index in [1.54, 1.807) is 6.07 Å². The molecule has 0 bridgehead atoms. The molecule has 1 heterocycles. The molecule has 1 aromatic carbocycles. The SMILES string of the molecule is COC(=O)Cc1ccc(C(=O)Cc2ccc(C)c(C)c2)s1. The van der Waals surface area contributed by atoms with Crippen LogP contribution in [0.25, 0.3) is 0 Å². The van der Waals surface area contributed by atoms with E-state index in [1.165, 1.54) is 29.6 Å². The van der Waals surface area contributed by atoms with Crippen LogP contribution in [0.1, 0.15) is 31.2 Å². The van der Waals surface area contributed by atoms with E-state index in [-0.39, 0.29) is 18.2 Å². The first-order valence-electron chi connectivity index (χ1n) is 6.74. The summed E-state index contributed by atoms with van der Waals surface area (Å²) in [6.45, 7) is 4.10. The van der Waals surface area contributed by atoms with Gasteiger partial charge in [-0.15, -0.1) is 11.3 Å². The summed E-state index contributed by atoms with van der Waals surface area (Å²) in [7, 11) is 1.36. The van der Waals surface area contributed by atoms with Crippen molar-refractivity contribution in [2.75, 3.05) is 7.11 Å². The van der Waals surface area contributed by atoms with Crippen LogP contribution in [0.5, 0.6) is 0 Å². The van der Waals surface area contributed by atoms with E-state index in [4.69, 9.17) is 0 Å². The lowest BCUT2D eigenvalue weighted by Gasteiger charge is -2.04. The summed E-state index contributed by atoms with van der Waals surface area (Å²) >= 11 is 1.36. The van der Waals surface area contributed by atoms with E-state index in [0.29, 0.717) is 11.3 Å². The predicted molar refractivity (Wildman–Crippen MR) is 84.0 cm³/mol. The number of ketones is 1. The van der Waals surface area contributed by atoms with Crippen LogP contribution in [0.15, 0.2) is 30.3 Å². The number of aryl methyl sites for hydroxylation is 2. The van der Waals surface area contributed by atoms with Crippen LogP contribution in [0.4, 0.5) is 0 Å². The Bertz CT molecular complexity index is 670. The monoisotopic (exact) mass is 302 g/mol. The predicted octanol–water partition coefficient (Wildman–Crippen LogP) is 3.51. The van der Waals surface area contributed by atoms with Gasteiger partial charge in [-0.05, 0) is 42.7 Å². The summed E-state index contributed by atoms with van der Waals surface area (Å²) in [6, 6.07) is 9.68. The van der Waals surface area contributed by atoms with Crippen LogP contribution >= 0.6 is 11.3 Å². The average molecular weight is 302 g/mol. The third-order valence-electron chi connectivity index (χ3n) is 3.42. The first kappa shape index (κ1) is 15.4. The molecular weight excluding hydrogens is 284 g/mol. The molecule has 0 unspecified atom stereocenters. The molecule has 0 N–H and O–H groups in total. The summed E-state index contributed by atoms with van der Waals surface area (Å²) in [5, 5.41) is 0. The van der Waals surface area contributed by atoms with Crippen molar-refractivity contribution in [2.45, 2.75) is 26.7 Å². The van der Waals surface area contributed by atoms with Crippen LogP contribution < -0.4 is 0 Å². The minimum absolute atomic E-state index is 0.0827. The van der Waals surface area contributed by atoms with E-state index in [2.05, 4.69) is 17.7 Å². The van der Waals surface area contributed by atoms with Crippen LogP contribution in [0, 0.1) is 13.8 Å². The number of esters is 1. The fourth-order valence-electron chi connectivity index (χ4n) is 2.02. The van der Waals surface area contributed by atoms with Crippen molar-refractivity contribution in [1.82, 2.24) is 0 Å². The van der Waals surface area contributed by atoms with Gasteiger partial charge < -0.3 is 4.74 Å². The maximum atomic E-state index is 12.3. The first-order valence-corrected chi connectivity index (χ1v) is 7.56. The third-order valence-corrected chi connectivity index (χ3v) is 4.54. The van der Waals surface area contributed by atoms with Gasteiger partial charge >= 0.3 is 5.97 Å². The zero-order valence-electron chi connectivity index (χ0n) is 12.4. The molecular formula is C17H18O3S. The number of hydrogen-bond donors (Lipinski definition) is 0. The maximum Gasteiger partial charge on any atom is 0.310 e. The van der Waals surface area contributed by atoms with Crippen molar-refractivity contribution in [3.8, 4) is 0 Å². The van der Waals surface area contributed by atoms with Gasteiger partial charge in [-0.3, -0.25) is 9.59 Å². The highest BCUT2D eigenvalue weighted by molar-refractivity contribution is 7.14. The van der Waals surface area contributed by atoms with Crippen molar-refractivity contribution in [3.05, 3.63) is 56.8 Å². The number of hydrogen-bond acceptors (Lipinski definition) is 4. The summed E-state index contributed by atoms with van der Waals surface area (Å²) in [6.07, 6.45) is 0.609. The van der Waals surface area contributed by atoms with Crippen molar-refractivity contribution in [2.24, 2.45) is 0 Å². The number of Topliss-reactive ketones (excluding diaryl/α,β-unsaturated/α-hetero) is 1. The molecule has 0 atom stereocenters. The van der Waals surface area contributed by atoms with Crippen molar-refractivity contribution in [1.29, 1.82) is 0 Å². The zero-order chi connectivity index (χ0) is 15.4. The van der Waals surface area contributed by atoms with Crippen LogP contribution in [0.2, 0.25) is 0 Å². The highest BCUT2D eigenvalue weighted by Gasteiger charge is 2.12. The smallest absolute Gasteiger partial charge is 0.310 e. The van der Waals surface area contributed by atoms with Gasteiger partial charge in [-0.2, -0.15) is 0 Å². The minimum Gasteiger partial charge on any atom is -0.469 e. The molecule has 21 heavy (non-hydrogen) atoms. The van der Waals surface area contributed by atoms with Gasteiger partial charge in [-0.1, -0.05) is 18.2 Å². The van der Waals surface area contributed by atoms with Crippen LogP contribution in [0.3, 0.4) is 0 Å². The molecule has 110 valence electrons. The Labute approximate surface area is 128 Å². The third kappa shape index (κ3) is 4.02. The first-order chi connectivity index (χ1) is 9.99. The van der Waals surface area contributed by atoms with Crippen LogP contribution in [-0.2, 0) is 22.4 Å². The summed E-state index contributed by atoms with van der Waals surface area (Å²) in [5.74, 6) is -0.204. The summed E-state index contributed by atoms with van der Waals surface area (Å²) in [4.78, 5) is 25.0. The molecule has 2 aromatic rings. The molecule has 0 aliphatic rings. The Morgan fingerprint density at radius 3 is 2.48 bits per heavy atom. The molecule has 0 amide bonds. The zero-order valence-corrected chi connectivity index (χ0v) is 13.3. The Kier molecular flexibility index (Phi) is 4.91. The molecule has 0 saturated heterocycles. The number of methoxy groups -OCH3 is 1. The van der Waals surface area contributed by atoms with Gasteiger partial charge in [0.15, 0.2) is 5.78 Å². The number of thiophene rings is 1. The van der Waals surface area contributed by atoms with E-state index in [1.807, 2.05) is 25.1 Å². The second-order valence-electron chi connectivity index (χ2n) is 5.04. The van der Waals surface area contributed by atoms with Gasteiger partial charge in [0.25, 0.3) is 0 Å². The van der Waals surface area contributed by atoms with Crippen molar-refractivity contribution >= 4 is 23.1 Å². The fourth-order valence-corrected chi connectivity index (χ4v) is 2.95. The molecule has 0 saturated carbocycles. The molecule has 1 aromatic heterocycles. The van der Waals surface area contributed by atoms with Gasteiger partial charge in [0.2, 0.25) is 0 Å². The second-order valence-corrected chi connectivity index (χ2v) is 6.21. The number of ether oxygens (including phenoxy) is 1. The van der Waals surface area contributed by atoms with Crippen molar-refractivity contribution in [3.63, 3.8) is 0 Å². The Morgan fingerprint density at radius 1 is 1.05 bits per heavy atom. The minimum atomic E-state index is -0.287. The highest BCUT2D eigenvalue weighted by Crippen LogP contribution is 2.20. The van der Waals surface area contributed by atoms with Crippen LogP contribution in [-0.4, -0.2) is 18.9 Å². The van der Waals surface area contributed by atoms with Gasteiger partial charge in [0.05, 0.1) is 18.4 Å². The Morgan fingerprint density at radius 2 is 1.81 bits per heavy atom. The average Bonchev–Trinajstić information content (AvgIpc) is 2.91. The Hall–Kier alpha value is -1.94. The van der Waals surface area contributed by atoms with Gasteiger partial charge in [0, 0.05) is 11.3 Å². The topological polar surface area (TPSA) is 43.4 Å². The van der Waals surface area contributed by atoms with Crippen molar-refractivity contribution < 1.29 is 14.3 Å². The maximum absolute atomic E-state index is 12.3. The standard InChI is InChI=1S/C17H18O3S/c1-11-4-5-13(8-12(11)2)9-15(18)16-7-6-14(21-16)10-17(19)20-3/h4-8H,9-10H2,1-3H3. The lowest BCUT2D eigenvalue weighted by atomic mass is 10.0. The van der Waals surface area contributed by atoms with E-state index in [0.717, 1.165) is 10.4 Å². The second kappa shape index (κ2) is 6.68. The molecule has 3 nitrogen and oxygen atoms in total. The quantitative estimate of drug-likeness (QED) is 0.627. The number of carbonyl (C=O) groups excluding carboxylic acids is 2. The normalized spacial score (nSPS) is 10.4. The van der Waals surface area contributed by atoms with Gasteiger partial charge in [-0.25, -0.2) is 0 Å². The molecule has 0 fully saturated rings. The number of benzene rings is 1. The lowest BCUT2D eigenvalue weighted by Crippen LogP contribution is -2.03. The van der Waals surface area contributed by atoms with E-state index >= 15 is 0 Å². The summed E-state index contributed by atoms with van der Waals surface area (Å²) < 4.78 is 4.63. The molecule has 0 aliphatic carbocycles. The fraction of sp³-hybridized carbons (Fsp3) is 0.294. The molecule has 2 rings (SSSR count). The molecule has 0 aliphatic heterocycles. The largest absolute Gasteiger partial charge is 0.469 e.